The minimum atomic E-state index is -0.124. The van der Waals surface area contributed by atoms with Gasteiger partial charge in [-0.05, 0) is 86.5 Å². The number of aliphatic hydroxyl groups is 1. The van der Waals surface area contributed by atoms with Crippen LogP contribution in [0.25, 0.3) is 0 Å². The molecular weight excluding hydrogens is 260 g/mol. The Hall–Kier alpha value is -0.830. The van der Waals surface area contributed by atoms with Crippen LogP contribution in [-0.2, 0) is 13.5 Å². The zero-order valence-electron chi connectivity index (χ0n) is 13.2. The van der Waals surface area contributed by atoms with Gasteiger partial charge in [0.05, 0.1) is 12.3 Å². The summed E-state index contributed by atoms with van der Waals surface area (Å²) in [5, 5.41) is 14.8. The highest BCUT2D eigenvalue weighted by Gasteiger charge is 2.51. The monoisotopic (exact) mass is 288 g/mol. The Balaban J connectivity index is 1.35. The molecule has 1 unspecified atom stereocenters. The number of aliphatic hydroxyl groups excluding tert-OH is 1. The normalized spacial score (nSPS) is 38.9. The molecule has 1 N–H and O–H groups in total. The molecule has 4 saturated carbocycles. The Kier molecular flexibility index (Phi) is 3.36. The van der Waals surface area contributed by atoms with Gasteiger partial charge in [-0.2, -0.15) is 5.10 Å². The molecule has 4 bridgehead atoms. The first-order chi connectivity index (χ1) is 10.1. The third kappa shape index (κ3) is 2.77. The minimum Gasteiger partial charge on any atom is -0.393 e. The van der Waals surface area contributed by atoms with Crippen molar-refractivity contribution >= 4 is 0 Å². The van der Waals surface area contributed by atoms with E-state index in [1.54, 1.807) is 0 Å². The highest BCUT2D eigenvalue weighted by Crippen LogP contribution is 2.61. The van der Waals surface area contributed by atoms with Gasteiger partial charge < -0.3 is 5.11 Å². The molecule has 1 aromatic heterocycles. The highest BCUT2D eigenvalue weighted by molar-refractivity contribution is 5.05. The summed E-state index contributed by atoms with van der Waals surface area (Å²) < 4.78 is 1.85. The van der Waals surface area contributed by atoms with E-state index in [2.05, 4.69) is 11.3 Å². The Morgan fingerprint density at radius 3 is 2.38 bits per heavy atom. The Labute approximate surface area is 127 Å². The van der Waals surface area contributed by atoms with Gasteiger partial charge in [0, 0.05) is 13.2 Å². The van der Waals surface area contributed by atoms with E-state index >= 15 is 0 Å². The van der Waals surface area contributed by atoms with E-state index in [1.165, 1.54) is 44.1 Å². The summed E-state index contributed by atoms with van der Waals surface area (Å²) in [4.78, 5) is 0. The summed E-state index contributed by atoms with van der Waals surface area (Å²) >= 11 is 0. The van der Waals surface area contributed by atoms with Crippen LogP contribution in [0, 0.1) is 23.2 Å². The second-order valence-corrected chi connectivity index (χ2v) is 8.34. The van der Waals surface area contributed by atoms with Gasteiger partial charge in [-0.25, -0.2) is 0 Å². The molecule has 21 heavy (non-hydrogen) atoms. The maximum absolute atomic E-state index is 10.6. The van der Waals surface area contributed by atoms with Crippen LogP contribution in [-0.4, -0.2) is 21.0 Å². The molecule has 1 atom stereocenters. The summed E-state index contributed by atoms with van der Waals surface area (Å²) in [7, 11) is 1.95. The van der Waals surface area contributed by atoms with Crippen molar-refractivity contribution in [2.45, 2.75) is 63.9 Å². The maximum Gasteiger partial charge on any atom is 0.0548 e. The molecular formula is C18H28N2O. The predicted molar refractivity (Wildman–Crippen MR) is 82.8 cm³/mol. The first kappa shape index (κ1) is 13.8. The smallest absolute Gasteiger partial charge is 0.0548 e. The van der Waals surface area contributed by atoms with Crippen LogP contribution in [0.4, 0.5) is 0 Å². The summed E-state index contributed by atoms with van der Waals surface area (Å²) in [5.41, 5.74) is 1.75. The van der Waals surface area contributed by atoms with Crippen LogP contribution in [0.5, 0.6) is 0 Å². The summed E-state index contributed by atoms with van der Waals surface area (Å²) in [6.45, 7) is 0. The quantitative estimate of drug-likeness (QED) is 0.902. The van der Waals surface area contributed by atoms with Gasteiger partial charge >= 0.3 is 0 Å². The van der Waals surface area contributed by atoms with E-state index in [0.29, 0.717) is 5.41 Å². The number of hydrogen-bond donors (Lipinski definition) is 1. The van der Waals surface area contributed by atoms with Gasteiger partial charge in [0.25, 0.3) is 0 Å². The molecule has 0 radical (unpaired) electrons. The SMILES string of the molecule is Cn1cc(CCC(O)CC23CC4CC(CC(C4)C2)C3)cn1. The lowest BCUT2D eigenvalue weighted by atomic mass is 9.48. The standard InChI is InChI=1S/C18H28N2O/c1-20-12-13(11-19-20)2-3-17(21)10-18-7-14-4-15(8-18)6-16(5-14)9-18/h11-12,14-17,21H,2-10H2,1H3. The third-order valence-corrected chi connectivity index (χ3v) is 6.36. The number of aromatic nitrogens is 2. The number of hydrogen-bond acceptors (Lipinski definition) is 2. The lowest BCUT2D eigenvalue weighted by molar-refractivity contribution is -0.0765. The van der Waals surface area contributed by atoms with Crippen molar-refractivity contribution in [3.63, 3.8) is 0 Å². The second kappa shape index (κ2) is 5.12. The Morgan fingerprint density at radius 1 is 1.24 bits per heavy atom. The van der Waals surface area contributed by atoms with E-state index in [4.69, 9.17) is 0 Å². The van der Waals surface area contributed by atoms with E-state index < -0.39 is 0 Å². The summed E-state index contributed by atoms with van der Waals surface area (Å²) in [6.07, 6.45) is 15.5. The zero-order valence-corrected chi connectivity index (χ0v) is 13.2. The fourth-order valence-corrected chi connectivity index (χ4v) is 6.08. The highest BCUT2D eigenvalue weighted by atomic mass is 16.3. The zero-order chi connectivity index (χ0) is 14.4. The molecule has 5 rings (SSSR count). The molecule has 0 aromatic carbocycles. The van der Waals surface area contributed by atoms with Gasteiger partial charge in [-0.1, -0.05) is 0 Å². The van der Waals surface area contributed by atoms with Crippen molar-refractivity contribution in [3.05, 3.63) is 18.0 Å². The minimum absolute atomic E-state index is 0.124. The van der Waals surface area contributed by atoms with Crippen LogP contribution >= 0.6 is 0 Å². The van der Waals surface area contributed by atoms with Gasteiger partial charge in [-0.15, -0.1) is 0 Å². The van der Waals surface area contributed by atoms with Crippen molar-refractivity contribution in [1.82, 2.24) is 9.78 Å². The molecule has 0 aliphatic heterocycles. The fraction of sp³-hybridized carbons (Fsp3) is 0.833. The van der Waals surface area contributed by atoms with E-state index in [-0.39, 0.29) is 6.10 Å². The summed E-state index contributed by atoms with van der Waals surface area (Å²) in [5.74, 6) is 2.96. The first-order valence-electron chi connectivity index (χ1n) is 8.76. The van der Waals surface area contributed by atoms with Gasteiger partial charge in [0.1, 0.15) is 0 Å². The molecule has 116 valence electrons. The molecule has 3 heteroatoms. The molecule has 0 saturated heterocycles. The third-order valence-electron chi connectivity index (χ3n) is 6.36. The lowest BCUT2D eigenvalue weighted by Gasteiger charge is -2.57. The van der Waals surface area contributed by atoms with E-state index in [9.17, 15) is 5.11 Å². The average molecular weight is 288 g/mol. The van der Waals surface area contributed by atoms with Crippen LogP contribution < -0.4 is 0 Å². The fourth-order valence-electron chi connectivity index (χ4n) is 6.08. The van der Waals surface area contributed by atoms with E-state index in [1.807, 2.05) is 17.9 Å². The average Bonchev–Trinajstić information content (AvgIpc) is 2.80. The van der Waals surface area contributed by atoms with Gasteiger partial charge in [0.15, 0.2) is 0 Å². The van der Waals surface area contributed by atoms with Gasteiger partial charge in [-0.3, -0.25) is 4.68 Å². The van der Waals surface area contributed by atoms with Crippen molar-refractivity contribution in [2.75, 3.05) is 0 Å². The van der Waals surface area contributed by atoms with Crippen LogP contribution in [0.2, 0.25) is 0 Å². The number of nitrogens with zero attached hydrogens (tertiary/aromatic N) is 2. The van der Waals surface area contributed by atoms with Gasteiger partial charge in [0.2, 0.25) is 0 Å². The van der Waals surface area contributed by atoms with Crippen LogP contribution in [0.3, 0.4) is 0 Å². The molecule has 3 nitrogen and oxygen atoms in total. The Bertz CT molecular complexity index is 472. The molecule has 0 amide bonds. The number of aryl methyl sites for hydroxylation is 2. The molecule has 4 aliphatic rings. The van der Waals surface area contributed by atoms with Crippen molar-refractivity contribution < 1.29 is 5.11 Å². The predicted octanol–water partition coefficient (Wildman–Crippen LogP) is 3.32. The second-order valence-electron chi connectivity index (χ2n) is 8.34. The maximum atomic E-state index is 10.6. The first-order valence-corrected chi connectivity index (χ1v) is 8.76. The van der Waals surface area contributed by atoms with Crippen molar-refractivity contribution in [1.29, 1.82) is 0 Å². The molecule has 4 fully saturated rings. The topological polar surface area (TPSA) is 38.0 Å². The van der Waals surface area contributed by atoms with Crippen molar-refractivity contribution in [2.24, 2.45) is 30.2 Å². The van der Waals surface area contributed by atoms with Crippen LogP contribution in [0.1, 0.15) is 56.9 Å². The molecule has 4 aliphatic carbocycles. The summed E-state index contributed by atoms with van der Waals surface area (Å²) in [6, 6.07) is 0. The molecule has 1 heterocycles. The number of rotatable bonds is 5. The van der Waals surface area contributed by atoms with E-state index in [0.717, 1.165) is 37.0 Å². The molecule has 1 aromatic rings. The van der Waals surface area contributed by atoms with Crippen LogP contribution in [0.15, 0.2) is 12.4 Å². The molecule has 0 spiro atoms. The largest absolute Gasteiger partial charge is 0.393 e. The van der Waals surface area contributed by atoms with Crippen molar-refractivity contribution in [3.8, 4) is 0 Å². The Morgan fingerprint density at radius 2 is 1.86 bits per heavy atom. The lowest BCUT2D eigenvalue weighted by Crippen LogP contribution is -2.47.